The Morgan fingerprint density at radius 1 is 1.16 bits per heavy atom. The predicted octanol–water partition coefficient (Wildman–Crippen LogP) is 2.92. The van der Waals surface area contributed by atoms with Gasteiger partial charge in [-0.15, -0.1) is 10.2 Å². The third-order valence-electron chi connectivity index (χ3n) is 4.50. The second kappa shape index (κ2) is 11.2. The van der Waals surface area contributed by atoms with Crippen LogP contribution in [-0.2, 0) is 18.3 Å². The third-order valence-corrected chi connectivity index (χ3v) is 5.53. The van der Waals surface area contributed by atoms with Crippen LogP contribution in [0.25, 0.3) is 0 Å². The maximum atomic E-state index is 12.4. The maximum Gasteiger partial charge on any atom is 0.251 e. The lowest BCUT2D eigenvalue weighted by molar-refractivity contribution is -0.113. The van der Waals surface area contributed by atoms with Gasteiger partial charge in [-0.25, -0.2) is 0 Å². The number of methoxy groups -OCH3 is 1. The first-order valence-electron chi connectivity index (χ1n) is 9.83. The Morgan fingerprint density at radius 2 is 1.97 bits per heavy atom. The normalized spacial score (nSPS) is 10.5. The molecule has 2 amide bonds. The molecule has 2 N–H and O–H groups in total. The maximum absolute atomic E-state index is 12.4. The van der Waals surface area contributed by atoms with Crippen molar-refractivity contribution in [3.63, 3.8) is 0 Å². The molecule has 8 nitrogen and oxygen atoms in total. The van der Waals surface area contributed by atoms with E-state index in [0.717, 1.165) is 18.6 Å². The Kier molecular flexibility index (Phi) is 8.05. The van der Waals surface area contributed by atoms with Crippen LogP contribution in [0, 0.1) is 0 Å². The smallest absolute Gasteiger partial charge is 0.251 e. The number of anilines is 1. The average Bonchev–Trinajstić information content (AvgIpc) is 3.20. The summed E-state index contributed by atoms with van der Waals surface area (Å²) in [6.45, 7) is 0.565. The molecule has 9 heteroatoms. The van der Waals surface area contributed by atoms with Crippen molar-refractivity contribution in [1.29, 1.82) is 0 Å². The lowest BCUT2D eigenvalue weighted by Gasteiger charge is -2.09. The van der Waals surface area contributed by atoms with Gasteiger partial charge in [-0.2, -0.15) is 0 Å². The van der Waals surface area contributed by atoms with E-state index in [1.165, 1.54) is 17.3 Å². The van der Waals surface area contributed by atoms with Crippen LogP contribution in [0.3, 0.4) is 0 Å². The minimum Gasteiger partial charge on any atom is -0.497 e. The Labute approximate surface area is 185 Å². The molecule has 0 saturated heterocycles. The third kappa shape index (κ3) is 6.85. The molecule has 0 spiro atoms. The molecule has 0 atom stereocenters. The summed E-state index contributed by atoms with van der Waals surface area (Å²) in [5.41, 5.74) is 2.27. The Balaban J connectivity index is 1.43. The molecule has 0 radical (unpaired) electrons. The van der Waals surface area contributed by atoms with Crippen LogP contribution in [0.2, 0.25) is 0 Å². The zero-order valence-electron chi connectivity index (χ0n) is 17.5. The lowest BCUT2D eigenvalue weighted by atomic mass is 10.1. The Morgan fingerprint density at radius 3 is 2.68 bits per heavy atom. The van der Waals surface area contributed by atoms with Gasteiger partial charge in [0.15, 0.2) is 5.16 Å². The van der Waals surface area contributed by atoms with E-state index in [0.29, 0.717) is 23.0 Å². The highest BCUT2D eigenvalue weighted by Gasteiger charge is 2.10. The van der Waals surface area contributed by atoms with Crippen LogP contribution in [0.5, 0.6) is 5.75 Å². The van der Waals surface area contributed by atoms with Gasteiger partial charge >= 0.3 is 0 Å². The molecule has 0 aliphatic heterocycles. The highest BCUT2D eigenvalue weighted by atomic mass is 32.2. The molecule has 0 fully saturated rings. The zero-order chi connectivity index (χ0) is 22.1. The minimum absolute atomic E-state index is 0.167. The molecule has 0 aliphatic carbocycles. The van der Waals surface area contributed by atoms with Gasteiger partial charge < -0.3 is 19.9 Å². The van der Waals surface area contributed by atoms with Gasteiger partial charge in [0.25, 0.3) is 5.91 Å². The number of carbonyl (C=O) groups excluding carboxylic acids is 2. The van der Waals surface area contributed by atoms with Gasteiger partial charge in [0, 0.05) is 24.8 Å². The quantitative estimate of drug-likeness (QED) is 0.372. The summed E-state index contributed by atoms with van der Waals surface area (Å²) in [6, 6.07) is 14.8. The van der Waals surface area contributed by atoms with Crippen molar-refractivity contribution in [2.75, 3.05) is 24.7 Å². The van der Waals surface area contributed by atoms with Crippen molar-refractivity contribution in [3.8, 4) is 5.75 Å². The average molecular weight is 440 g/mol. The first kappa shape index (κ1) is 22.4. The van der Waals surface area contributed by atoms with Gasteiger partial charge in [0.05, 0.1) is 12.9 Å². The molecule has 0 aliphatic rings. The molecule has 2 aromatic carbocycles. The molecule has 3 rings (SSSR count). The molecule has 162 valence electrons. The molecule has 0 saturated carbocycles. The number of benzene rings is 2. The van der Waals surface area contributed by atoms with E-state index < -0.39 is 0 Å². The summed E-state index contributed by atoms with van der Waals surface area (Å²) in [5.74, 6) is 0.689. The number of hydrogen-bond donors (Lipinski definition) is 2. The molecule has 0 unspecified atom stereocenters. The summed E-state index contributed by atoms with van der Waals surface area (Å²) in [7, 11) is 3.46. The summed E-state index contributed by atoms with van der Waals surface area (Å²) >= 11 is 1.30. The number of ether oxygens (including phenoxy) is 1. The molecule has 3 aromatic rings. The minimum atomic E-state index is -0.176. The zero-order valence-corrected chi connectivity index (χ0v) is 18.3. The van der Waals surface area contributed by atoms with Crippen molar-refractivity contribution >= 4 is 29.3 Å². The number of aryl methyl sites for hydroxylation is 2. The summed E-state index contributed by atoms with van der Waals surface area (Å²) in [4.78, 5) is 24.6. The van der Waals surface area contributed by atoms with E-state index in [-0.39, 0.29) is 17.6 Å². The standard InChI is InChI=1S/C22H25N5O3S/c1-27-15-24-26-22(27)31-14-20(28)25-18-7-3-6-17(13-18)21(29)23-12-4-5-16-8-10-19(30-2)11-9-16/h3,6-11,13,15H,4-5,12,14H2,1-2H3,(H,23,29)(H,25,28). The van der Waals surface area contributed by atoms with Gasteiger partial charge in [-0.1, -0.05) is 30.0 Å². The highest BCUT2D eigenvalue weighted by Crippen LogP contribution is 2.16. The molecular weight excluding hydrogens is 414 g/mol. The van der Waals surface area contributed by atoms with Crippen LogP contribution in [0.1, 0.15) is 22.3 Å². The highest BCUT2D eigenvalue weighted by molar-refractivity contribution is 7.99. The van der Waals surface area contributed by atoms with Gasteiger partial charge in [0.1, 0.15) is 12.1 Å². The number of nitrogens with one attached hydrogen (secondary N) is 2. The van der Waals surface area contributed by atoms with E-state index in [2.05, 4.69) is 20.8 Å². The van der Waals surface area contributed by atoms with E-state index >= 15 is 0 Å². The van der Waals surface area contributed by atoms with Crippen molar-refractivity contribution in [2.24, 2.45) is 7.05 Å². The van der Waals surface area contributed by atoms with Gasteiger partial charge in [-0.05, 0) is 48.7 Å². The SMILES string of the molecule is COc1ccc(CCCNC(=O)c2cccc(NC(=O)CSc3nncn3C)c2)cc1. The van der Waals surface area contributed by atoms with Crippen LogP contribution in [0.4, 0.5) is 5.69 Å². The second-order valence-electron chi connectivity index (χ2n) is 6.85. The lowest BCUT2D eigenvalue weighted by Crippen LogP contribution is -2.25. The van der Waals surface area contributed by atoms with Crippen molar-refractivity contribution < 1.29 is 14.3 Å². The molecule has 0 bridgehead atoms. The number of nitrogens with zero attached hydrogens (tertiary/aromatic N) is 3. The van der Waals surface area contributed by atoms with E-state index in [1.807, 2.05) is 31.3 Å². The number of aromatic nitrogens is 3. The summed E-state index contributed by atoms with van der Waals surface area (Å²) < 4.78 is 6.90. The fourth-order valence-electron chi connectivity index (χ4n) is 2.86. The topological polar surface area (TPSA) is 98.1 Å². The summed E-state index contributed by atoms with van der Waals surface area (Å²) in [5, 5.41) is 14.1. The monoisotopic (exact) mass is 439 g/mol. The molecule has 1 aromatic heterocycles. The molecule has 1 heterocycles. The predicted molar refractivity (Wildman–Crippen MR) is 120 cm³/mol. The second-order valence-corrected chi connectivity index (χ2v) is 7.79. The van der Waals surface area contributed by atoms with Gasteiger partial charge in [-0.3, -0.25) is 9.59 Å². The first-order valence-corrected chi connectivity index (χ1v) is 10.8. The number of thioether (sulfide) groups is 1. The number of rotatable bonds is 10. The van der Waals surface area contributed by atoms with Crippen molar-refractivity contribution in [2.45, 2.75) is 18.0 Å². The molecular formula is C22H25N5O3S. The van der Waals surface area contributed by atoms with E-state index in [9.17, 15) is 9.59 Å². The van der Waals surface area contributed by atoms with Crippen LogP contribution >= 0.6 is 11.8 Å². The van der Waals surface area contributed by atoms with Crippen LogP contribution < -0.4 is 15.4 Å². The van der Waals surface area contributed by atoms with Gasteiger partial charge in [0.2, 0.25) is 5.91 Å². The largest absolute Gasteiger partial charge is 0.497 e. The van der Waals surface area contributed by atoms with E-state index in [1.54, 1.807) is 42.3 Å². The van der Waals surface area contributed by atoms with Crippen molar-refractivity contribution in [3.05, 3.63) is 66.0 Å². The number of hydrogen-bond acceptors (Lipinski definition) is 6. The Hall–Kier alpha value is -3.33. The van der Waals surface area contributed by atoms with E-state index in [4.69, 9.17) is 4.74 Å². The fourth-order valence-corrected chi connectivity index (χ4v) is 3.55. The molecule has 31 heavy (non-hydrogen) atoms. The van der Waals surface area contributed by atoms with Crippen LogP contribution in [0.15, 0.2) is 60.0 Å². The number of amides is 2. The van der Waals surface area contributed by atoms with Crippen LogP contribution in [-0.4, -0.2) is 46.0 Å². The van der Waals surface area contributed by atoms with Crippen molar-refractivity contribution in [1.82, 2.24) is 20.1 Å². The summed E-state index contributed by atoms with van der Waals surface area (Å²) in [6.07, 6.45) is 3.27. The first-order chi connectivity index (χ1) is 15.0. The fraction of sp³-hybridized carbons (Fsp3) is 0.273. The number of carbonyl (C=O) groups is 2. The Bertz CT molecular complexity index is 1020.